The molecule has 1 unspecified atom stereocenters. The van der Waals surface area contributed by atoms with Crippen molar-refractivity contribution in [1.82, 2.24) is 4.90 Å². The third-order valence-electron chi connectivity index (χ3n) is 4.54. The number of benzene rings is 1. The summed E-state index contributed by atoms with van der Waals surface area (Å²) in [5, 5.41) is 9.54. The van der Waals surface area contributed by atoms with Crippen LogP contribution in [-0.4, -0.2) is 30.1 Å². The first-order valence-corrected chi connectivity index (χ1v) is 8.18. The standard InChI is InChI=1S/C18H27N3/c1-2-12-21(18-10-8-17(20)9-11-18)14-16(13-19)15-6-4-3-5-7-15/h3-7,16-18H,2,8-12,14,20H2,1H3. The Bertz CT molecular complexity index is 443. The number of rotatable bonds is 6. The molecule has 3 nitrogen and oxygen atoms in total. The van der Waals surface area contributed by atoms with Crippen LogP contribution in [0.3, 0.4) is 0 Å². The second-order valence-electron chi connectivity index (χ2n) is 6.16. The van der Waals surface area contributed by atoms with E-state index in [1.165, 1.54) is 12.8 Å². The van der Waals surface area contributed by atoms with Crippen LogP contribution < -0.4 is 5.73 Å². The second-order valence-corrected chi connectivity index (χ2v) is 6.16. The van der Waals surface area contributed by atoms with Gasteiger partial charge in [0.2, 0.25) is 0 Å². The molecule has 2 rings (SSSR count). The molecule has 0 amide bonds. The minimum atomic E-state index is -0.0339. The van der Waals surface area contributed by atoms with Crippen molar-refractivity contribution in [2.75, 3.05) is 13.1 Å². The van der Waals surface area contributed by atoms with Gasteiger partial charge in [-0.2, -0.15) is 5.26 Å². The molecule has 3 heteroatoms. The van der Waals surface area contributed by atoms with Crippen LogP contribution in [0.15, 0.2) is 30.3 Å². The van der Waals surface area contributed by atoms with Gasteiger partial charge in [-0.1, -0.05) is 37.3 Å². The molecule has 1 aliphatic carbocycles. The molecule has 1 fully saturated rings. The maximum Gasteiger partial charge on any atom is 0.0839 e. The zero-order chi connectivity index (χ0) is 15.1. The molecule has 1 aromatic carbocycles. The summed E-state index contributed by atoms with van der Waals surface area (Å²) in [7, 11) is 0. The van der Waals surface area contributed by atoms with Crippen LogP contribution in [0, 0.1) is 11.3 Å². The smallest absolute Gasteiger partial charge is 0.0839 e. The Hall–Kier alpha value is -1.37. The molecular weight excluding hydrogens is 258 g/mol. The lowest BCUT2D eigenvalue weighted by Gasteiger charge is -2.37. The van der Waals surface area contributed by atoms with Crippen LogP contribution >= 0.6 is 0 Å². The van der Waals surface area contributed by atoms with Gasteiger partial charge in [0.05, 0.1) is 12.0 Å². The highest BCUT2D eigenvalue weighted by Crippen LogP contribution is 2.25. The van der Waals surface area contributed by atoms with E-state index in [0.717, 1.165) is 37.9 Å². The Morgan fingerprint density at radius 1 is 1.24 bits per heavy atom. The van der Waals surface area contributed by atoms with E-state index in [2.05, 4.69) is 30.0 Å². The number of nitrogens with zero attached hydrogens (tertiary/aromatic N) is 2. The predicted octanol–water partition coefficient (Wildman–Crippen LogP) is 3.28. The van der Waals surface area contributed by atoms with Crippen LogP contribution in [0.25, 0.3) is 0 Å². The lowest BCUT2D eigenvalue weighted by Crippen LogP contribution is -2.43. The van der Waals surface area contributed by atoms with E-state index < -0.39 is 0 Å². The number of hydrogen-bond donors (Lipinski definition) is 1. The van der Waals surface area contributed by atoms with Crippen molar-refractivity contribution in [3.63, 3.8) is 0 Å². The number of nitrogens with two attached hydrogens (primary N) is 1. The molecule has 0 aliphatic heterocycles. The molecule has 1 aliphatic rings. The van der Waals surface area contributed by atoms with Crippen LogP contribution in [0.5, 0.6) is 0 Å². The SMILES string of the molecule is CCCN(CC(C#N)c1ccccc1)C1CCC(N)CC1. The third-order valence-corrected chi connectivity index (χ3v) is 4.54. The van der Waals surface area contributed by atoms with E-state index in [1.807, 2.05) is 18.2 Å². The molecule has 0 spiro atoms. The molecule has 0 saturated heterocycles. The molecule has 0 aromatic heterocycles. The summed E-state index contributed by atoms with van der Waals surface area (Å²) in [5.41, 5.74) is 7.15. The van der Waals surface area contributed by atoms with Gasteiger partial charge in [0.1, 0.15) is 0 Å². The quantitative estimate of drug-likeness (QED) is 0.872. The zero-order valence-corrected chi connectivity index (χ0v) is 13.0. The van der Waals surface area contributed by atoms with E-state index in [1.54, 1.807) is 0 Å². The second kappa shape index (κ2) is 8.17. The fraction of sp³-hybridized carbons (Fsp3) is 0.611. The molecule has 2 N–H and O–H groups in total. The maximum absolute atomic E-state index is 9.54. The van der Waals surface area contributed by atoms with Crippen molar-refractivity contribution < 1.29 is 0 Å². The zero-order valence-electron chi connectivity index (χ0n) is 13.0. The lowest BCUT2D eigenvalue weighted by atomic mass is 9.89. The molecule has 1 atom stereocenters. The first-order valence-electron chi connectivity index (χ1n) is 8.18. The van der Waals surface area contributed by atoms with E-state index in [0.29, 0.717) is 12.1 Å². The topological polar surface area (TPSA) is 53.0 Å². The van der Waals surface area contributed by atoms with Crippen molar-refractivity contribution in [3.05, 3.63) is 35.9 Å². The van der Waals surface area contributed by atoms with E-state index in [4.69, 9.17) is 5.73 Å². The summed E-state index contributed by atoms with van der Waals surface area (Å²) < 4.78 is 0. The summed E-state index contributed by atoms with van der Waals surface area (Å²) in [6.45, 7) is 4.13. The predicted molar refractivity (Wildman–Crippen MR) is 86.9 cm³/mol. The molecular formula is C18H27N3. The molecule has 1 aromatic rings. The van der Waals surface area contributed by atoms with Gasteiger partial charge in [-0.05, 0) is 44.2 Å². The van der Waals surface area contributed by atoms with Gasteiger partial charge in [-0.15, -0.1) is 0 Å². The van der Waals surface area contributed by atoms with Gasteiger partial charge < -0.3 is 5.73 Å². The Morgan fingerprint density at radius 2 is 1.90 bits per heavy atom. The summed E-state index contributed by atoms with van der Waals surface area (Å²) in [4.78, 5) is 2.52. The highest BCUT2D eigenvalue weighted by Gasteiger charge is 2.26. The summed E-state index contributed by atoms with van der Waals surface area (Å²) in [6, 6.07) is 13.6. The average Bonchev–Trinajstić information content (AvgIpc) is 2.53. The lowest BCUT2D eigenvalue weighted by molar-refractivity contribution is 0.147. The molecule has 0 radical (unpaired) electrons. The molecule has 0 heterocycles. The number of hydrogen-bond acceptors (Lipinski definition) is 3. The van der Waals surface area contributed by atoms with Gasteiger partial charge in [0.25, 0.3) is 0 Å². The van der Waals surface area contributed by atoms with Gasteiger partial charge in [0, 0.05) is 18.6 Å². The Balaban J connectivity index is 2.03. The van der Waals surface area contributed by atoms with Crippen LogP contribution in [-0.2, 0) is 0 Å². The van der Waals surface area contributed by atoms with Gasteiger partial charge in [-0.3, -0.25) is 4.90 Å². The highest BCUT2D eigenvalue weighted by atomic mass is 15.2. The third kappa shape index (κ3) is 4.56. The molecule has 21 heavy (non-hydrogen) atoms. The average molecular weight is 285 g/mol. The van der Waals surface area contributed by atoms with Crippen molar-refractivity contribution in [1.29, 1.82) is 5.26 Å². The molecule has 0 bridgehead atoms. The first-order chi connectivity index (χ1) is 10.2. The van der Waals surface area contributed by atoms with Crippen molar-refractivity contribution >= 4 is 0 Å². The van der Waals surface area contributed by atoms with Crippen LogP contribution in [0.1, 0.15) is 50.5 Å². The summed E-state index contributed by atoms with van der Waals surface area (Å²) in [5.74, 6) is -0.0339. The van der Waals surface area contributed by atoms with Crippen molar-refractivity contribution in [3.8, 4) is 6.07 Å². The molecule has 1 saturated carbocycles. The number of nitriles is 1. The highest BCUT2D eigenvalue weighted by molar-refractivity contribution is 5.25. The molecule has 114 valence electrons. The fourth-order valence-corrected chi connectivity index (χ4v) is 3.32. The first kappa shape index (κ1) is 16.0. The minimum absolute atomic E-state index is 0.0339. The Kier molecular flexibility index (Phi) is 6.22. The van der Waals surface area contributed by atoms with Crippen LogP contribution in [0.2, 0.25) is 0 Å². The largest absolute Gasteiger partial charge is 0.328 e. The van der Waals surface area contributed by atoms with Gasteiger partial charge >= 0.3 is 0 Å². The fourth-order valence-electron chi connectivity index (χ4n) is 3.32. The minimum Gasteiger partial charge on any atom is -0.328 e. The van der Waals surface area contributed by atoms with Gasteiger partial charge in [-0.25, -0.2) is 0 Å². The summed E-state index contributed by atoms with van der Waals surface area (Å²) >= 11 is 0. The normalized spacial score (nSPS) is 23.7. The van der Waals surface area contributed by atoms with E-state index in [-0.39, 0.29) is 5.92 Å². The van der Waals surface area contributed by atoms with E-state index in [9.17, 15) is 5.26 Å². The summed E-state index contributed by atoms with van der Waals surface area (Å²) in [6.07, 6.45) is 5.72. The Morgan fingerprint density at radius 3 is 2.48 bits per heavy atom. The van der Waals surface area contributed by atoms with Crippen molar-refractivity contribution in [2.45, 2.75) is 57.0 Å². The maximum atomic E-state index is 9.54. The van der Waals surface area contributed by atoms with Crippen LogP contribution in [0.4, 0.5) is 0 Å². The monoisotopic (exact) mass is 285 g/mol. The van der Waals surface area contributed by atoms with Gasteiger partial charge in [0.15, 0.2) is 0 Å². The van der Waals surface area contributed by atoms with Crippen molar-refractivity contribution in [2.24, 2.45) is 5.73 Å². The van der Waals surface area contributed by atoms with E-state index >= 15 is 0 Å². The Labute approximate surface area is 128 Å².